The summed E-state index contributed by atoms with van der Waals surface area (Å²) >= 11 is 1.55. The highest BCUT2D eigenvalue weighted by atomic mass is 32.1. The van der Waals surface area contributed by atoms with Gasteiger partial charge in [-0.2, -0.15) is 0 Å². The quantitative estimate of drug-likeness (QED) is 0.665. The largest absolute Gasteiger partial charge is 0.497 e. The van der Waals surface area contributed by atoms with Crippen molar-refractivity contribution in [2.45, 2.75) is 20.3 Å². The summed E-state index contributed by atoms with van der Waals surface area (Å²) < 4.78 is 6.35. The number of carbonyl (C=O) groups excluding carboxylic acids is 1. The highest BCUT2D eigenvalue weighted by molar-refractivity contribution is 7.22. The van der Waals surface area contributed by atoms with Crippen LogP contribution in [0, 0.1) is 13.8 Å². The number of rotatable bonds is 7. The zero-order valence-electron chi connectivity index (χ0n) is 17.2. The van der Waals surface area contributed by atoms with Gasteiger partial charge in [-0.15, -0.1) is 0 Å². The molecule has 6 heteroatoms. The van der Waals surface area contributed by atoms with Crippen molar-refractivity contribution in [1.82, 2.24) is 4.98 Å². The van der Waals surface area contributed by atoms with Crippen LogP contribution in [0.5, 0.6) is 5.75 Å². The number of nitrogens with zero attached hydrogens (tertiary/aromatic N) is 2. The molecule has 0 bridgehead atoms. The minimum absolute atomic E-state index is 0.00266. The summed E-state index contributed by atoms with van der Waals surface area (Å²) in [5.41, 5.74) is 3.87. The predicted octanol–water partition coefficient (Wildman–Crippen LogP) is 3.10. The number of quaternary nitrogens is 1. The third-order valence-electron chi connectivity index (χ3n) is 4.87. The predicted molar refractivity (Wildman–Crippen MR) is 116 cm³/mol. The van der Waals surface area contributed by atoms with Gasteiger partial charge in [-0.05, 0) is 49.2 Å². The van der Waals surface area contributed by atoms with Gasteiger partial charge in [-0.25, -0.2) is 4.98 Å². The first-order valence-electron chi connectivity index (χ1n) is 9.52. The SMILES string of the molecule is COc1ccc2sc(N(CCC[NH+](C)C)C(=O)c3ccc(C)c(C)c3)nc2c1. The number of methoxy groups -OCH3 is 1. The van der Waals surface area contributed by atoms with E-state index in [9.17, 15) is 4.79 Å². The molecule has 5 nitrogen and oxygen atoms in total. The second kappa shape index (κ2) is 8.71. The topological polar surface area (TPSA) is 46.9 Å². The molecule has 0 unspecified atom stereocenters. The molecule has 0 saturated heterocycles. The zero-order chi connectivity index (χ0) is 20.3. The van der Waals surface area contributed by atoms with Crippen molar-refractivity contribution in [3.63, 3.8) is 0 Å². The van der Waals surface area contributed by atoms with Gasteiger partial charge in [-0.3, -0.25) is 9.69 Å². The smallest absolute Gasteiger partial charge is 0.260 e. The van der Waals surface area contributed by atoms with Crippen LogP contribution in [0.25, 0.3) is 10.2 Å². The number of fused-ring (bicyclic) bond motifs is 1. The molecule has 0 radical (unpaired) electrons. The number of thiazole rings is 1. The molecule has 1 N–H and O–H groups in total. The molecule has 148 valence electrons. The van der Waals surface area contributed by atoms with E-state index in [-0.39, 0.29) is 5.91 Å². The van der Waals surface area contributed by atoms with Crippen LogP contribution in [-0.4, -0.2) is 45.2 Å². The summed E-state index contributed by atoms with van der Waals surface area (Å²) in [5, 5.41) is 0.736. The molecule has 0 saturated carbocycles. The summed E-state index contributed by atoms with van der Waals surface area (Å²) in [5.74, 6) is 0.774. The zero-order valence-corrected chi connectivity index (χ0v) is 18.0. The maximum absolute atomic E-state index is 13.3. The number of benzene rings is 2. The second-order valence-electron chi connectivity index (χ2n) is 7.40. The van der Waals surface area contributed by atoms with E-state index < -0.39 is 0 Å². The fraction of sp³-hybridized carbons (Fsp3) is 0.364. The number of hydrogen-bond donors (Lipinski definition) is 1. The molecule has 0 aliphatic heterocycles. The first-order valence-corrected chi connectivity index (χ1v) is 10.3. The molecule has 0 aliphatic rings. The highest BCUT2D eigenvalue weighted by Crippen LogP contribution is 2.32. The Labute approximate surface area is 170 Å². The van der Waals surface area contributed by atoms with Crippen molar-refractivity contribution in [3.05, 3.63) is 53.1 Å². The molecule has 0 aliphatic carbocycles. The van der Waals surface area contributed by atoms with Gasteiger partial charge in [0.05, 0.1) is 38.0 Å². The van der Waals surface area contributed by atoms with E-state index in [0.29, 0.717) is 12.1 Å². The molecular formula is C22H28N3O2S+. The summed E-state index contributed by atoms with van der Waals surface area (Å²) in [4.78, 5) is 21.3. The van der Waals surface area contributed by atoms with Crippen molar-refractivity contribution in [1.29, 1.82) is 0 Å². The first kappa shape index (κ1) is 20.3. The lowest BCUT2D eigenvalue weighted by atomic mass is 10.1. The summed E-state index contributed by atoms with van der Waals surface area (Å²) in [6.45, 7) is 5.74. The van der Waals surface area contributed by atoms with Crippen molar-refractivity contribution in [3.8, 4) is 5.75 Å². The van der Waals surface area contributed by atoms with Gasteiger partial charge in [0, 0.05) is 24.6 Å². The van der Waals surface area contributed by atoms with Gasteiger partial charge in [0.15, 0.2) is 5.13 Å². The second-order valence-corrected chi connectivity index (χ2v) is 8.41. The molecular weight excluding hydrogens is 370 g/mol. The Balaban J connectivity index is 1.95. The number of anilines is 1. The number of hydrogen-bond acceptors (Lipinski definition) is 4. The molecule has 1 aromatic heterocycles. The molecule has 3 rings (SSSR count). The fourth-order valence-corrected chi connectivity index (χ4v) is 4.01. The summed E-state index contributed by atoms with van der Waals surface area (Å²) in [6, 6.07) is 11.7. The molecule has 0 spiro atoms. The van der Waals surface area contributed by atoms with Crippen molar-refractivity contribution in [2.24, 2.45) is 0 Å². The van der Waals surface area contributed by atoms with Crippen LogP contribution in [0.1, 0.15) is 27.9 Å². The molecule has 28 heavy (non-hydrogen) atoms. The molecule has 0 atom stereocenters. The van der Waals surface area contributed by atoms with Crippen molar-refractivity contribution in [2.75, 3.05) is 39.2 Å². The lowest BCUT2D eigenvalue weighted by Crippen LogP contribution is -3.05. The van der Waals surface area contributed by atoms with E-state index in [2.05, 4.69) is 21.0 Å². The van der Waals surface area contributed by atoms with Gasteiger partial charge in [0.2, 0.25) is 0 Å². The Kier molecular flexibility index (Phi) is 6.31. The molecule has 1 amide bonds. The van der Waals surface area contributed by atoms with E-state index in [1.54, 1.807) is 18.4 Å². The van der Waals surface area contributed by atoms with Crippen LogP contribution in [0.3, 0.4) is 0 Å². The van der Waals surface area contributed by atoms with E-state index in [0.717, 1.165) is 39.6 Å². The number of aryl methyl sites for hydroxylation is 2. The van der Waals surface area contributed by atoms with Gasteiger partial charge < -0.3 is 9.64 Å². The Bertz CT molecular complexity index is 981. The normalized spacial score (nSPS) is 11.2. The molecule has 0 fully saturated rings. The maximum Gasteiger partial charge on any atom is 0.260 e. The van der Waals surface area contributed by atoms with Crippen LogP contribution in [0.15, 0.2) is 36.4 Å². The van der Waals surface area contributed by atoms with E-state index in [1.165, 1.54) is 10.5 Å². The minimum Gasteiger partial charge on any atom is -0.497 e. The van der Waals surface area contributed by atoms with Crippen LogP contribution in [0.2, 0.25) is 0 Å². The number of ether oxygens (including phenoxy) is 1. The van der Waals surface area contributed by atoms with Gasteiger partial charge in [0.25, 0.3) is 5.91 Å². The lowest BCUT2D eigenvalue weighted by molar-refractivity contribution is -0.858. The number of nitrogens with one attached hydrogen (secondary N) is 1. The van der Waals surface area contributed by atoms with Crippen LogP contribution >= 0.6 is 11.3 Å². The minimum atomic E-state index is 0.00266. The standard InChI is InChI=1S/C22H27N3O2S/c1-15-7-8-17(13-16(15)2)21(26)25(12-6-11-24(3)4)22-23-19-14-18(27-5)9-10-20(19)28-22/h7-10,13-14H,6,11-12H2,1-5H3/p+1. The van der Waals surface area contributed by atoms with Gasteiger partial charge in [-0.1, -0.05) is 17.4 Å². The Morgan fingerprint density at radius 3 is 2.61 bits per heavy atom. The fourth-order valence-electron chi connectivity index (χ4n) is 3.04. The third kappa shape index (κ3) is 4.51. The molecule has 3 aromatic rings. The van der Waals surface area contributed by atoms with Crippen molar-refractivity contribution >= 4 is 32.6 Å². The number of amides is 1. The monoisotopic (exact) mass is 398 g/mol. The summed E-state index contributed by atoms with van der Waals surface area (Å²) in [7, 11) is 5.90. The average Bonchev–Trinajstić information content (AvgIpc) is 3.09. The van der Waals surface area contributed by atoms with E-state index in [1.807, 2.05) is 48.2 Å². The van der Waals surface area contributed by atoms with Crippen LogP contribution in [-0.2, 0) is 0 Å². The lowest BCUT2D eigenvalue weighted by Gasteiger charge is -2.21. The van der Waals surface area contributed by atoms with E-state index >= 15 is 0 Å². The van der Waals surface area contributed by atoms with Crippen LogP contribution in [0.4, 0.5) is 5.13 Å². The average molecular weight is 399 g/mol. The number of aromatic nitrogens is 1. The maximum atomic E-state index is 13.3. The Morgan fingerprint density at radius 1 is 1.14 bits per heavy atom. The molecule has 1 heterocycles. The van der Waals surface area contributed by atoms with Gasteiger partial charge in [0.1, 0.15) is 5.75 Å². The number of carbonyl (C=O) groups is 1. The highest BCUT2D eigenvalue weighted by Gasteiger charge is 2.22. The van der Waals surface area contributed by atoms with Gasteiger partial charge >= 0.3 is 0 Å². The van der Waals surface area contributed by atoms with Crippen molar-refractivity contribution < 1.29 is 14.4 Å². The first-order chi connectivity index (χ1) is 13.4. The Morgan fingerprint density at radius 2 is 1.93 bits per heavy atom. The Hall–Kier alpha value is -2.44. The molecule has 2 aromatic carbocycles. The summed E-state index contributed by atoms with van der Waals surface area (Å²) in [6.07, 6.45) is 0.915. The third-order valence-corrected chi connectivity index (χ3v) is 5.93. The van der Waals surface area contributed by atoms with Crippen LogP contribution < -0.4 is 14.5 Å². The van der Waals surface area contributed by atoms with E-state index in [4.69, 9.17) is 9.72 Å².